The van der Waals surface area contributed by atoms with Gasteiger partial charge in [0.05, 0.1) is 0 Å². The van der Waals surface area contributed by atoms with Crippen molar-refractivity contribution in [2.45, 2.75) is 58.3 Å². The molecule has 4 rings (SSSR count). The van der Waals surface area contributed by atoms with E-state index in [0.717, 1.165) is 50.1 Å². The molecule has 0 amide bonds. The van der Waals surface area contributed by atoms with Crippen LogP contribution in [0, 0.1) is 0 Å². The van der Waals surface area contributed by atoms with E-state index in [1.54, 1.807) is 18.2 Å². The van der Waals surface area contributed by atoms with Crippen LogP contribution in [0.1, 0.15) is 69.4 Å². The van der Waals surface area contributed by atoms with Gasteiger partial charge >= 0.3 is 23.9 Å². The fourth-order valence-electron chi connectivity index (χ4n) is 5.10. The molecule has 0 saturated carbocycles. The molecule has 2 aromatic carbocycles. The highest BCUT2D eigenvalue weighted by Crippen LogP contribution is 2.35. The fraction of sp³-hybridized carbons (Fsp3) is 0.484. The van der Waals surface area contributed by atoms with Crippen LogP contribution in [-0.2, 0) is 19.2 Å². The van der Waals surface area contributed by atoms with E-state index in [1.165, 1.54) is 33.2 Å². The number of phenols is 2. The van der Waals surface area contributed by atoms with Crippen LogP contribution in [-0.4, -0.2) is 93.9 Å². The number of carbonyl (C=O) groups is 4. The van der Waals surface area contributed by atoms with Crippen LogP contribution in [0.5, 0.6) is 23.0 Å². The second kappa shape index (κ2) is 18.9. The first-order chi connectivity index (χ1) is 20.3. The number of esters is 2. The van der Waals surface area contributed by atoms with Gasteiger partial charge in [-0.25, -0.2) is 9.59 Å². The number of nitrogens with zero attached hydrogens (tertiary/aromatic N) is 2. The molecule has 2 aliphatic heterocycles. The second-order valence-electron chi connectivity index (χ2n) is 10.6. The minimum Gasteiger partial charge on any atom is -0.504 e. The van der Waals surface area contributed by atoms with Gasteiger partial charge in [0.25, 0.3) is 0 Å². The number of ether oxygens (including phenoxy) is 2. The number of phenolic OH excluding ortho intramolecular Hbond substituents is 2. The van der Waals surface area contributed by atoms with Gasteiger partial charge in [-0.3, -0.25) is 9.59 Å². The molecule has 0 aliphatic carbocycles. The lowest BCUT2D eigenvalue weighted by atomic mass is 9.90. The molecule has 2 aromatic rings. The molecule has 2 aliphatic rings. The van der Waals surface area contributed by atoms with Gasteiger partial charge in [0.15, 0.2) is 23.0 Å². The summed E-state index contributed by atoms with van der Waals surface area (Å²) in [6, 6.07) is 10.6. The van der Waals surface area contributed by atoms with E-state index >= 15 is 0 Å². The number of rotatable bonds is 5. The van der Waals surface area contributed by atoms with Gasteiger partial charge in [-0.05, 0) is 99.6 Å². The summed E-state index contributed by atoms with van der Waals surface area (Å²) >= 11 is 0. The first-order valence-corrected chi connectivity index (χ1v) is 14.2. The number of aromatic hydroxyl groups is 2. The molecule has 13 heteroatoms. The minimum atomic E-state index is -1.82. The van der Waals surface area contributed by atoms with Gasteiger partial charge in [0.1, 0.15) is 0 Å². The Morgan fingerprint density at radius 2 is 1.30 bits per heavy atom. The Bertz CT molecular complexity index is 1260. The number of likely N-dealkylation sites (N-methyl/N-ethyl adjacent to an activating group) is 2. The zero-order valence-corrected chi connectivity index (χ0v) is 27.2. The van der Waals surface area contributed by atoms with Crippen LogP contribution >= 0.6 is 17.0 Å². The molecule has 2 unspecified atom stereocenters. The van der Waals surface area contributed by atoms with Crippen LogP contribution in [0.2, 0.25) is 0 Å². The van der Waals surface area contributed by atoms with Gasteiger partial charge in [-0.2, -0.15) is 0 Å². The van der Waals surface area contributed by atoms with Gasteiger partial charge in [-0.1, -0.05) is 19.1 Å². The zero-order valence-electron chi connectivity index (χ0n) is 25.5. The van der Waals surface area contributed by atoms with Crippen LogP contribution < -0.4 is 9.47 Å². The number of carboxylic acids is 2. The normalized spacial score (nSPS) is 18.2. The van der Waals surface area contributed by atoms with Crippen molar-refractivity contribution in [2.24, 2.45) is 0 Å². The van der Waals surface area contributed by atoms with Crippen LogP contribution in [0.25, 0.3) is 0 Å². The van der Waals surface area contributed by atoms with Crippen molar-refractivity contribution in [1.29, 1.82) is 0 Å². The van der Waals surface area contributed by atoms with Crippen molar-refractivity contribution in [2.75, 3.05) is 39.8 Å². The summed E-state index contributed by atoms with van der Waals surface area (Å²) in [6.45, 7) is 10.2. The summed E-state index contributed by atoms with van der Waals surface area (Å²) in [5.41, 5.74) is 2.24. The topological polar surface area (TPSA) is 174 Å². The van der Waals surface area contributed by atoms with E-state index in [9.17, 15) is 19.8 Å². The highest BCUT2D eigenvalue weighted by atomic mass is 79.9. The predicted molar refractivity (Wildman–Crippen MR) is 168 cm³/mol. The number of piperidine rings is 2. The summed E-state index contributed by atoms with van der Waals surface area (Å²) in [5.74, 6) is -3.07. The van der Waals surface area contributed by atoms with Crippen molar-refractivity contribution in [3.8, 4) is 23.0 Å². The van der Waals surface area contributed by atoms with Crippen LogP contribution in [0.3, 0.4) is 0 Å². The minimum absolute atomic E-state index is 0. The van der Waals surface area contributed by atoms with E-state index in [1.807, 2.05) is 18.2 Å². The Kier molecular flexibility index (Phi) is 16.4. The first kappa shape index (κ1) is 38.3. The maximum atomic E-state index is 11.2. The summed E-state index contributed by atoms with van der Waals surface area (Å²) in [4.78, 5) is 45.3. The van der Waals surface area contributed by atoms with E-state index in [4.69, 9.17) is 29.3 Å². The number of halogens is 1. The number of benzene rings is 2. The lowest BCUT2D eigenvalue weighted by Gasteiger charge is -2.32. The molecule has 0 bridgehead atoms. The predicted octanol–water partition coefficient (Wildman–Crippen LogP) is 4.38. The van der Waals surface area contributed by atoms with Gasteiger partial charge in [-0.15, -0.1) is 17.0 Å². The smallest absolute Gasteiger partial charge is 0.414 e. The van der Waals surface area contributed by atoms with Gasteiger partial charge < -0.3 is 39.7 Å². The number of carboxylic acid groups (broad SMARTS) is 2. The molecule has 0 aromatic heterocycles. The Balaban J connectivity index is 0.000000373. The van der Waals surface area contributed by atoms with Crippen molar-refractivity contribution in [1.82, 2.24) is 9.80 Å². The van der Waals surface area contributed by atoms with E-state index in [0.29, 0.717) is 17.6 Å². The molecular weight excluding hydrogens is 640 g/mol. The Morgan fingerprint density at radius 3 is 1.82 bits per heavy atom. The number of hydrogen-bond acceptors (Lipinski definition) is 10. The molecule has 44 heavy (non-hydrogen) atoms. The Morgan fingerprint density at radius 1 is 0.773 bits per heavy atom. The lowest BCUT2D eigenvalue weighted by Crippen LogP contribution is -2.34. The third kappa shape index (κ3) is 12.9. The van der Waals surface area contributed by atoms with Crippen molar-refractivity contribution in [3.63, 3.8) is 0 Å². The third-order valence-electron chi connectivity index (χ3n) is 7.18. The molecule has 4 N–H and O–H groups in total. The van der Waals surface area contributed by atoms with Crippen molar-refractivity contribution < 1.29 is 49.1 Å². The summed E-state index contributed by atoms with van der Waals surface area (Å²) < 4.78 is 10.3. The molecule has 2 fully saturated rings. The summed E-state index contributed by atoms with van der Waals surface area (Å²) in [6.07, 6.45) is 4.63. The first-order valence-electron chi connectivity index (χ1n) is 14.2. The highest BCUT2D eigenvalue weighted by molar-refractivity contribution is 8.93. The molecule has 0 radical (unpaired) electrons. The highest BCUT2D eigenvalue weighted by Gasteiger charge is 2.22. The quantitative estimate of drug-likeness (QED) is 0.152. The van der Waals surface area contributed by atoms with Gasteiger partial charge in [0, 0.05) is 26.9 Å². The van der Waals surface area contributed by atoms with Crippen molar-refractivity contribution in [3.05, 3.63) is 47.5 Å². The van der Waals surface area contributed by atoms with E-state index < -0.39 is 23.9 Å². The monoisotopic (exact) mass is 682 g/mol. The largest absolute Gasteiger partial charge is 0.504 e. The van der Waals surface area contributed by atoms with Gasteiger partial charge in [0.2, 0.25) is 0 Å². The van der Waals surface area contributed by atoms with Crippen LogP contribution in [0.15, 0.2) is 36.4 Å². The number of hydrogen-bond donors (Lipinski definition) is 4. The summed E-state index contributed by atoms with van der Waals surface area (Å²) in [5, 5.41) is 33.6. The average molecular weight is 684 g/mol. The fourth-order valence-corrected chi connectivity index (χ4v) is 5.10. The summed E-state index contributed by atoms with van der Waals surface area (Å²) in [7, 11) is 2.10. The average Bonchev–Trinajstić information content (AvgIpc) is 2.95. The Hall–Kier alpha value is -3.68. The maximum Gasteiger partial charge on any atom is 0.414 e. The standard InChI is InChI=1S/C16H21NO4.C13H19NO2.C2H2O4.BrH/c1-11(18)20-15-7-6-13(9-16(15)21-12(2)19)14-5-4-8-17(3)10-14;1-2-14-7-3-4-11(9-14)10-5-6-12(15)13(16)8-10;3-1(4)2(5)6;/h6-7,9,14H,4-5,8,10H2,1-3H3;5-6,8,11,15-16H,2-4,7,9H2,1H3;(H,3,4)(H,5,6);1H. The van der Waals surface area contributed by atoms with Crippen molar-refractivity contribution >= 4 is 40.9 Å². The number of likely N-dealkylation sites (tertiary alicyclic amines) is 2. The molecule has 2 atom stereocenters. The molecule has 244 valence electrons. The Labute approximate surface area is 268 Å². The SMILES string of the molecule is Br.CC(=O)Oc1ccc(C2CCCN(C)C2)cc1OC(C)=O.CCN1CCCC(c2ccc(O)c(O)c2)C1.O=C(O)C(=O)O. The zero-order chi connectivity index (χ0) is 32.1. The third-order valence-corrected chi connectivity index (χ3v) is 7.18. The van der Waals surface area contributed by atoms with E-state index in [2.05, 4.69) is 23.8 Å². The molecule has 2 heterocycles. The molecular formula is C31H43BrN2O10. The number of aliphatic carboxylic acids is 2. The maximum absolute atomic E-state index is 11.2. The second-order valence-corrected chi connectivity index (χ2v) is 10.6. The molecule has 2 saturated heterocycles. The lowest BCUT2D eigenvalue weighted by molar-refractivity contribution is -0.159. The van der Waals surface area contributed by atoms with Crippen LogP contribution in [0.4, 0.5) is 0 Å². The molecule has 0 spiro atoms. The number of carbonyl (C=O) groups excluding carboxylic acids is 2. The van der Waals surface area contributed by atoms with E-state index in [-0.39, 0.29) is 34.2 Å². The molecule has 12 nitrogen and oxygen atoms in total.